The molecular weight excluding hydrogens is 300 g/mol. The molecule has 1 aliphatic rings. The summed E-state index contributed by atoms with van der Waals surface area (Å²) >= 11 is 5.51. The van der Waals surface area contributed by atoms with Crippen LogP contribution >= 0.6 is 12.2 Å². The molecule has 128 valence electrons. The Hall–Kier alpha value is -1.09. The van der Waals surface area contributed by atoms with Gasteiger partial charge in [0.25, 0.3) is 0 Å². The largest absolute Gasteiger partial charge is 0.360 e. The Balaban J connectivity index is 1.84. The van der Waals surface area contributed by atoms with Crippen LogP contribution in [-0.4, -0.2) is 11.2 Å². The zero-order valence-electron chi connectivity index (χ0n) is 15.1. The van der Waals surface area contributed by atoms with Crippen molar-refractivity contribution in [1.29, 1.82) is 0 Å². The third-order valence-electron chi connectivity index (χ3n) is 4.75. The summed E-state index contributed by atoms with van der Waals surface area (Å²) in [6.45, 7) is 9.31. The van der Waals surface area contributed by atoms with Gasteiger partial charge in [0.05, 0.1) is 0 Å². The molecule has 1 aliphatic carbocycles. The monoisotopic (exact) mass is 332 g/mol. The van der Waals surface area contributed by atoms with Gasteiger partial charge in [-0.15, -0.1) is 0 Å². The fourth-order valence-corrected chi connectivity index (χ4v) is 4.23. The fraction of sp³-hybridized carbons (Fsp3) is 0.650. The Kier molecular flexibility index (Phi) is 6.46. The molecule has 23 heavy (non-hydrogen) atoms. The van der Waals surface area contributed by atoms with Crippen molar-refractivity contribution in [3.8, 4) is 0 Å². The molecule has 1 aromatic carbocycles. The standard InChI is InChI=1S/C20H32N2S/c1-5-6-7-16-8-10-17(11-9-16)21-19(23)22-18-12-15(2)13-20(3,4)14-18/h8-11,15,18H,5-7,12-14H2,1-4H3,(H2,21,22,23). The van der Waals surface area contributed by atoms with E-state index in [1.165, 1.54) is 37.7 Å². The molecule has 2 atom stereocenters. The van der Waals surface area contributed by atoms with Crippen molar-refractivity contribution in [2.75, 3.05) is 5.32 Å². The topological polar surface area (TPSA) is 24.1 Å². The number of thiocarbonyl (C=S) groups is 1. The smallest absolute Gasteiger partial charge is 0.170 e. The van der Waals surface area contributed by atoms with E-state index < -0.39 is 0 Å². The van der Waals surface area contributed by atoms with Crippen LogP contribution in [0, 0.1) is 11.3 Å². The Labute approximate surface area is 147 Å². The summed E-state index contributed by atoms with van der Waals surface area (Å²) in [5.41, 5.74) is 2.89. The number of unbranched alkanes of at least 4 members (excludes halogenated alkanes) is 1. The second-order valence-corrected chi connectivity index (χ2v) is 8.42. The summed E-state index contributed by atoms with van der Waals surface area (Å²) in [5.74, 6) is 0.761. The van der Waals surface area contributed by atoms with Gasteiger partial charge in [-0.25, -0.2) is 0 Å². The van der Waals surface area contributed by atoms with Crippen LogP contribution in [0.5, 0.6) is 0 Å². The van der Waals surface area contributed by atoms with E-state index in [1.54, 1.807) is 0 Å². The number of anilines is 1. The van der Waals surface area contributed by atoms with Gasteiger partial charge < -0.3 is 10.6 Å². The molecule has 2 unspecified atom stereocenters. The summed E-state index contributed by atoms with van der Waals surface area (Å²) in [7, 11) is 0. The van der Waals surface area contributed by atoms with E-state index >= 15 is 0 Å². The third-order valence-corrected chi connectivity index (χ3v) is 4.97. The Morgan fingerprint density at radius 1 is 1.22 bits per heavy atom. The first-order valence-electron chi connectivity index (χ1n) is 9.04. The van der Waals surface area contributed by atoms with Gasteiger partial charge in [-0.3, -0.25) is 0 Å². The highest BCUT2D eigenvalue weighted by Gasteiger charge is 2.32. The van der Waals surface area contributed by atoms with Crippen LogP contribution in [0.15, 0.2) is 24.3 Å². The second-order valence-electron chi connectivity index (χ2n) is 8.01. The first-order chi connectivity index (χ1) is 10.9. The average molecular weight is 333 g/mol. The van der Waals surface area contributed by atoms with Crippen LogP contribution in [0.1, 0.15) is 65.4 Å². The van der Waals surface area contributed by atoms with Crippen molar-refractivity contribution in [2.45, 2.75) is 72.3 Å². The number of nitrogens with one attached hydrogen (secondary N) is 2. The van der Waals surface area contributed by atoms with Crippen LogP contribution < -0.4 is 10.6 Å². The van der Waals surface area contributed by atoms with Gasteiger partial charge in [-0.2, -0.15) is 0 Å². The van der Waals surface area contributed by atoms with Gasteiger partial charge in [0.2, 0.25) is 0 Å². The third kappa shape index (κ3) is 6.14. The molecule has 3 heteroatoms. The lowest BCUT2D eigenvalue weighted by Crippen LogP contribution is -2.44. The lowest BCUT2D eigenvalue weighted by molar-refractivity contribution is 0.162. The zero-order valence-corrected chi connectivity index (χ0v) is 15.9. The number of benzene rings is 1. The molecule has 0 heterocycles. The van der Waals surface area contributed by atoms with Crippen LogP contribution in [-0.2, 0) is 6.42 Å². The van der Waals surface area contributed by atoms with Crippen molar-refractivity contribution in [2.24, 2.45) is 11.3 Å². The zero-order chi connectivity index (χ0) is 16.9. The van der Waals surface area contributed by atoms with E-state index in [2.05, 4.69) is 62.6 Å². The molecule has 0 aromatic heterocycles. The van der Waals surface area contributed by atoms with Crippen molar-refractivity contribution in [3.63, 3.8) is 0 Å². The SMILES string of the molecule is CCCCc1ccc(NC(=S)NC2CC(C)CC(C)(C)C2)cc1. The molecule has 0 saturated heterocycles. The van der Waals surface area contributed by atoms with Gasteiger partial charge >= 0.3 is 0 Å². The van der Waals surface area contributed by atoms with E-state index in [0.29, 0.717) is 11.5 Å². The van der Waals surface area contributed by atoms with Crippen LogP contribution in [0.25, 0.3) is 0 Å². The summed E-state index contributed by atoms with van der Waals surface area (Å²) in [4.78, 5) is 0. The van der Waals surface area contributed by atoms with Gasteiger partial charge in [0, 0.05) is 11.7 Å². The minimum atomic E-state index is 0.409. The number of rotatable bonds is 5. The lowest BCUT2D eigenvalue weighted by Gasteiger charge is -2.39. The number of aryl methyl sites for hydroxylation is 1. The van der Waals surface area contributed by atoms with Crippen molar-refractivity contribution < 1.29 is 0 Å². The van der Waals surface area contributed by atoms with E-state index in [1.807, 2.05) is 0 Å². The average Bonchev–Trinajstić information content (AvgIpc) is 2.44. The highest BCUT2D eigenvalue weighted by Crippen LogP contribution is 2.38. The minimum absolute atomic E-state index is 0.409. The summed E-state index contributed by atoms with van der Waals surface area (Å²) in [6, 6.07) is 9.15. The Morgan fingerprint density at radius 3 is 2.52 bits per heavy atom. The highest BCUT2D eigenvalue weighted by molar-refractivity contribution is 7.80. The molecule has 1 saturated carbocycles. The molecule has 2 rings (SSSR count). The fourth-order valence-electron chi connectivity index (χ4n) is 3.94. The van der Waals surface area contributed by atoms with Crippen molar-refractivity contribution in [3.05, 3.63) is 29.8 Å². The number of hydrogen-bond donors (Lipinski definition) is 2. The Bertz CT molecular complexity index is 507. The summed E-state index contributed by atoms with van der Waals surface area (Å²) < 4.78 is 0. The Morgan fingerprint density at radius 2 is 1.91 bits per heavy atom. The lowest BCUT2D eigenvalue weighted by atomic mass is 9.71. The van der Waals surface area contributed by atoms with Gasteiger partial charge in [0.1, 0.15) is 0 Å². The van der Waals surface area contributed by atoms with Crippen LogP contribution in [0.4, 0.5) is 5.69 Å². The molecule has 2 N–H and O–H groups in total. The maximum Gasteiger partial charge on any atom is 0.170 e. The molecule has 0 bridgehead atoms. The normalized spacial score (nSPS) is 23.3. The molecule has 0 aliphatic heterocycles. The summed E-state index contributed by atoms with van der Waals surface area (Å²) in [5, 5.41) is 7.61. The highest BCUT2D eigenvalue weighted by atomic mass is 32.1. The molecule has 0 amide bonds. The van der Waals surface area contributed by atoms with E-state index in [-0.39, 0.29) is 0 Å². The number of hydrogen-bond acceptors (Lipinski definition) is 1. The molecule has 1 fully saturated rings. The van der Waals surface area contributed by atoms with Gasteiger partial charge in [-0.1, -0.05) is 46.2 Å². The molecule has 1 aromatic rings. The maximum atomic E-state index is 5.51. The predicted octanol–water partition coefficient (Wildman–Crippen LogP) is 5.53. The molecule has 0 radical (unpaired) electrons. The van der Waals surface area contributed by atoms with E-state index in [9.17, 15) is 0 Å². The van der Waals surface area contributed by atoms with Gasteiger partial charge in [-0.05, 0) is 73.4 Å². The van der Waals surface area contributed by atoms with Gasteiger partial charge in [0.15, 0.2) is 5.11 Å². The first kappa shape index (κ1) is 18.3. The van der Waals surface area contributed by atoms with Crippen molar-refractivity contribution >= 4 is 23.0 Å². The molecule has 0 spiro atoms. The minimum Gasteiger partial charge on any atom is -0.360 e. The molecule has 2 nitrogen and oxygen atoms in total. The van der Waals surface area contributed by atoms with Crippen molar-refractivity contribution in [1.82, 2.24) is 5.32 Å². The van der Waals surface area contributed by atoms with E-state index in [4.69, 9.17) is 12.2 Å². The predicted molar refractivity (Wildman–Crippen MR) is 105 cm³/mol. The summed E-state index contributed by atoms with van der Waals surface area (Å²) in [6.07, 6.45) is 7.36. The molecular formula is C20H32N2S. The first-order valence-corrected chi connectivity index (χ1v) is 9.45. The second kappa shape index (κ2) is 8.14. The quantitative estimate of drug-likeness (QED) is 0.693. The maximum absolute atomic E-state index is 5.51. The van der Waals surface area contributed by atoms with Crippen LogP contribution in [0.3, 0.4) is 0 Å². The van der Waals surface area contributed by atoms with Crippen LogP contribution in [0.2, 0.25) is 0 Å². The van der Waals surface area contributed by atoms with E-state index in [0.717, 1.165) is 23.1 Å².